The fourth-order valence-electron chi connectivity index (χ4n) is 1.85. The van der Waals surface area contributed by atoms with Crippen molar-refractivity contribution in [3.8, 4) is 0 Å². The van der Waals surface area contributed by atoms with Crippen molar-refractivity contribution in [3.05, 3.63) is 59.9 Å². The van der Waals surface area contributed by atoms with Crippen LogP contribution < -0.4 is 10.6 Å². The molecule has 2 aromatic carbocycles. The molecule has 2 N–H and O–H groups in total. The monoisotopic (exact) mass is 304 g/mol. The van der Waals surface area contributed by atoms with Gasteiger partial charge in [-0.15, -0.1) is 11.8 Å². The van der Waals surface area contributed by atoms with Crippen molar-refractivity contribution in [1.29, 1.82) is 0 Å². The number of carbonyl (C=O) groups excluding carboxylic acids is 1. The third-order valence-corrected chi connectivity index (χ3v) is 3.67. The molecule has 0 aliphatic heterocycles. The van der Waals surface area contributed by atoms with Gasteiger partial charge in [0.25, 0.3) is 0 Å². The zero-order valence-electron chi connectivity index (χ0n) is 11.7. The second kappa shape index (κ2) is 7.69. The predicted octanol–water partition coefficient (Wildman–Crippen LogP) is 3.91. The number of amides is 2. The summed E-state index contributed by atoms with van der Waals surface area (Å²) < 4.78 is 12.8. The molecule has 3 nitrogen and oxygen atoms in total. The van der Waals surface area contributed by atoms with Crippen LogP contribution in [0.4, 0.5) is 14.9 Å². The molecule has 0 spiro atoms. The number of halogens is 1. The molecule has 5 heteroatoms. The molecule has 0 atom stereocenters. The van der Waals surface area contributed by atoms with E-state index in [-0.39, 0.29) is 11.8 Å². The highest BCUT2D eigenvalue weighted by Gasteiger charge is 2.02. The average Bonchev–Trinajstić information content (AvgIpc) is 2.49. The van der Waals surface area contributed by atoms with E-state index >= 15 is 0 Å². The highest BCUT2D eigenvalue weighted by molar-refractivity contribution is 7.98. The third kappa shape index (κ3) is 5.11. The molecule has 21 heavy (non-hydrogen) atoms. The first-order chi connectivity index (χ1) is 10.2. The highest BCUT2D eigenvalue weighted by Crippen LogP contribution is 2.18. The Morgan fingerprint density at radius 3 is 2.67 bits per heavy atom. The van der Waals surface area contributed by atoms with E-state index in [9.17, 15) is 9.18 Å². The first-order valence-electron chi connectivity index (χ1n) is 6.61. The van der Waals surface area contributed by atoms with Gasteiger partial charge in [0.2, 0.25) is 0 Å². The Morgan fingerprint density at radius 2 is 1.95 bits per heavy atom. The van der Waals surface area contributed by atoms with Crippen molar-refractivity contribution < 1.29 is 9.18 Å². The van der Waals surface area contributed by atoms with E-state index in [4.69, 9.17) is 0 Å². The van der Waals surface area contributed by atoms with Crippen molar-refractivity contribution in [3.63, 3.8) is 0 Å². The lowest BCUT2D eigenvalue weighted by Gasteiger charge is -2.08. The molecule has 0 fully saturated rings. The molecular weight excluding hydrogens is 287 g/mol. The number of anilines is 1. The predicted molar refractivity (Wildman–Crippen MR) is 85.3 cm³/mol. The number of urea groups is 1. The summed E-state index contributed by atoms with van der Waals surface area (Å²) in [6.07, 6.45) is 2.65. The van der Waals surface area contributed by atoms with Gasteiger partial charge in [-0.3, -0.25) is 0 Å². The van der Waals surface area contributed by atoms with Gasteiger partial charge in [-0.05, 0) is 48.6 Å². The SMILES string of the molecule is CSc1cccc(NC(=O)NCCc2ccc(F)cc2)c1. The van der Waals surface area contributed by atoms with Crippen molar-refractivity contribution in [1.82, 2.24) is 5.32 Å². The summed E-state index contributed by atoms with van der Waals surface area (Å²) in [6.45, 7) is 0.500. The summed E-state index contributed by atoms with van der Waals surface area (Å²) in [4.78, 5) is 12.9. The second-order valence-corrected chi connectivity index (χ2v) is 5.37. The Morgan fingerprint density at radius 1 is 1.19 bits per heavy atom. The fraction of sp³-hybridized carbons (Fsp3) is 0.188. The third-order valence-electron chi connectivity index (χ3n) is 2.94. The largest absolute Gasteiger partial charge is 0.338 e. The van der Waals surface area contributed by atoms with Crippen LogP contribution in [0.15, 0.2) is 53.4 Å². The molecule has 110 valence electrons. The summed E-state index contributed by atoms with van der Waals surface area (Å²) >= 11 is 1.62. The minimum atomic E-state index is -0.252. The van der Waals surface area contributed by atoms with Crippen molar-refractivity contribution >= 4 is 23.5 Å². The van der Waals surface area contributed by atoms with Gasteiger partial charge >= 0.3 is 6.03 Å². The number of nitrogens with one attached hydrogen (secondary N) is 2. The maximum Gasteiger partial charge on any atom is 0.319 e. The highest BCUT2D eigenvalue weighted by atomic mass is 32.2. The quantitative estimate of drug-likeness (QED) is 0.822. The molecule has 0 bridgehead atoms. The Bertz CT molecular complexity index is 601. The van der Waals surface area contributed by atoms with Crippen molar-refractivity contribution in [2.75, 3.05) is 18.1 Å². The van der Waals surface area contributed by atoms with E-state index in [0.29, 0.717) is 13.0 Å². The van der Waals surface area contributed by atoms with Crippen LogP contribution >= 0.6 is 11.8 Å². The fourth-order valence-corrected chi connectivity index (χ4v) is 2.31. The van der Waals surface area contributed by atoms with Crippen LogP contribution in [0.3, 0.4) is 0 Å². The molecule has 0 heterocycles. The zero-order valence-corrected chi connectivity index (χ0v) is 12.5. The Hall–Kier alpha value is -2.01. The molecule has 0 saturated heterocycles. The summed E-state index contributed by atoms with van der Waals surface area (Å²) in [5.74, 6) is -0.252. The standard InChI is InChI=1S/C16H17FN2OS/c1-21-15-4-2-3-14(11-15)19-16(20)18-10-9-12-5-7-13(17)8-6-12/h2-8,11H,9-10H2,1H3,(H2,18,19,20). The Labute approximate surface area is 127 Å². The number of rotatable bonds is 5. The molecule has 0 aliphatic rings. The van der Waals surface area contributed by atoms with Gasteiger partial charge in [0.1, 0.15) is 5.82 Å². The van der Waals surface area contributed by atoms with Crippen LogP contribution in [-0.4, -0.2) is 18.8 Å². The van der Waals surface area contributed by atoms with Gasteiger partial charge in [0.15, 0.2) is 0 Å². The molecule has 0 unspecified atom stereocenters. The lowest BCUT2D eigenvalue weighted by molar-refractivity contribution is 0.252. The van der Waals surface area contributed by atoms with Crippen molar-refractivity contribution in [2.24, 2.45) is 0 Å². The van der Waals surface area contributed by atoms with Gasteiger partial charge in [-0.1, -0.05) is 18.2 Å². The van der Waals surface area contributed by atoms with E-state index in [1.165, 1.54) is 12.1 Å². The number of benzene rings is 2. The van der Waals surface area contributed by atoms with Crippen LogP contribution in [0, 0.1) is 5.82 Å². The topological polar surface area (TPSA) is 41.1 Å². The molecule has 0 aromatic heterocycles. The molecule has 2 amide bonds. The van der Waals surface area contributed by atoms with E-state index in [0.717, 1.165) is 16.1 Å². The van der Waals surface area contributed by atoms with E-state index in [1.54, 1.807) is 23.9 Å². The Balaban J connectivity index is 1.78. The van der Waals surface area contributed by atoms with Gasteiger partial charge in [-0.2, -0.15) is 0 Å². The first kappa shape index (κ1) is 15.4. The molecular formula is C16H17FN2OS. The van der Waals surface area contributed by atoms with Gasteiger partial charge in [0.05, 0.1) is 0 Å². The smallest absolute Gasteiger partial charge is 0.319 e. The number of hydrogen-bond acceptors (Lipinski definition) is 2. The molecule has 2 aromatic rings. The Kier molecular flexibility index (Phi) is 5.63. The number of hydrogen-bond donors (Lipinski definition) is 2. The average molecular weight is 304 g/mol. The molecule has 0 aliphatic carbocycles. The lowest BCUT2D eigenvalue weighted by Crippen LogP contribution is -2.30. The number of carbonyl (C=O) groups is 1. The first-order valence-corrected chi connectivity index (χ1v) is 7.83. The van der Waals surface area contributed by atoms with Crippen LogP contribution in [0.1, 0.15) is 5.56 Å². The van der Waals surface area contributed by atoms with E-state index in [2.05, 4.69) is 10.6 Å². The van der Waals surface area contributed by atoms with Crippen molar-refractivity contribution in [2.45, 2.75) is 11.3 Å². The second-order valence-electron chi connectivity index (χ2n) is 4.49. The minimum Gasteiger partial charge on any atom is -0.338 e. The van der Waals surface area contributed by atoms with Crippen LogP contribution in [-0.2, 0) is 6.42 Å². The summed E-state index contributed by atoms with van der Waals surface area (Å²) in [7, 11) is 0. The minimum absolute atomic E-state index is 0.240. The summed E-state index contributed by atoms with van der Waals surface area (Å²) in [6, 6.07) is 13.7. The van der Waals surface area contributed by atoms with E-state index < -0.39 is 0 Å². The van der Waals surface area contributed by atoms with Gasteiger partial charge in [-0.25, -0.2) is 9.18 Å². The number of thioether (sulfide) groups is 1. The van der Waals surface area contributed by atoms with Gasteiger partial charge in [0, 0.05) is 17.1 Å². The van der Waals surface area contributed by atoms with E-state index in [1.807, 2.05) is 30.5 Å². The normalized spacial score (nSPS) is 10.2. The maximum absolute atomic E-state index is 12.8. The molecule has 0 radical (unpaired) electrons. The maximum atomic E-state index is 12.8. The lowest BCUT2D eigenvalue weighted by atomic mass is 10.1. The summed E-state index contributed by atoms with van der Waals surface area (Å²) in [5.41, 5.74) is 1.75. The van der Waals surface area contributed by atoms with Gasteiger partial charge < -0.3 is 10.6 Å². The van der Waals surface area contributed by atoms with Crippen LogP contribution in [0.2, 0.25) is 0 Å². The van der Waals surface area contributed by atoms with Crippen LogP contribution in [0.25, 0.3) is 0 Å². The molecule has 2 rings (SSSR count). The van der Waals surface area contributed by atoms with Crippen LogP contribution in [0.5, 0.6) is 0 Å². The molecule has 0 saturated carbocycles. The zero-order chi connectivity index (χ0) is 15.1. The summed E-state index contributed by atoms with van der Waals surface area (Å²) in [5, 5.41) is 5.57.